The van der Waals surface area contributed by atoms with Crippen molar-refractivity contribution < 1.29 is 14.6 Å². The van der Waals surface area contributed by atoms with Gasteiger partial charge in [0.15, 0.2) is 0 Å². The zero-order valence-corrected chi connectivity index (χ0v) is 18.8. The van der Waals surface area contributed by atoms with Crippen LogP contribution in [0.5, 0.6) is 11.5 Å². The molecule has 1 N–H and O–H groups in total. The average molecular weight is 420 g/mol. The van der Waals surface area contributed by atoms with E-state index in [-0.39, 0.29) is 5.92 Å². The van der Waals surface area contributed by atoms with Gasteiger partial charge in [0.1, 0.15) is 11.5 Å². The molecule has 0 radical (unpaired) electrons. The molecule has 0 bridgehead atoms. The summed E-state index contributed by atoms with van der Waals surface area (Å²) in [6.07, 6.45) is 7.51. The number of fused-ring (bicyclic) bond motifs is 1. The number of benzene rings is 2. The fourth-order valence-corrected chi connectivity index (χ4v) is 5.11. The lowest BCUT2D eigenvalue weighted by Crippen LogP contribution is -2.22. The van der Waals surface area contributed by atoms with Crippen molar-refractivity contribution in [1.29, 1.82) is 0 Å². The van der Waals surface area contributed by atoms with E-state index in [1.165, 1.54) is 11.1 Å². The van der Waals surface area contributed by atoms with Crippen molar-refractivity contribution in [3.8, 4) is 11.5 Å². The Morgan fingerprint density at radius 3 is 2.06 bits per heavy atom. The van der Waals surface area contributed by atoms with Crippen LogP contribution in [0.15, 0.2) is 60.9 Å². The van der Waals surface area contributed by atoms with Crippen LogP contribution in [0.2, 0.25) is 0 Å². The Morgan fingerprint density at radius 2 is 1.55 bits per heavy atom. The zero-order valence-electron chi connectivity index (χ0n) is 18.8. The van der Waals surface area contributed by atoms with Crippen LogP contribution in [0.25, 0.3) is 0 Å². The lowest BCUT2D eigenvalue weighted by Gasteiger charge is -2.27. The summed E-state index contributed by atoms with van der Waals surface area (Å²) in [4.78, 5) is 0. The maximum absolute atomic E-state index is 11.5. The molecule has 1 heterocycles. The fraction of sp³-hybridized carbons (Fsp3) is 0.407. The van der Waals surface area contributed by atoms with Crippen molar-refractivity contribution in [3.63, 3.8) is 0 Å². The quantitative estimate of drug-likeness (QED) is 0.517. The molecule has 2 aromatic carbocycles. The molecule has 1 aliphatic rings. The monoisotopic (exact) mass is 419 g/mol. The van der Waals surface area contributed by atoms with Crippen LogP contribution in [0.1, 0.15) is 41.7 Å². The summed E-state index contributed by atoms with van der Waals surface area (Å²) in [5.74, 6) is 2.20. The molecule has 164 valence electrons. The van der Waals surface area contributed by atoms with Gasteiger partial charge >= 0.3 is 0 Å². The number of methoxy groups -OCH3 is 2. The van der Waals surface area contributed by atoms with Gasteiger partial charge in [0.2, 0.25) is 0 Å². The van der Waals surface area contributed by atoms with E-state index in [9.17, 15) is 5.11 Å². The van der Waals surface area contributed by atoms with Gasteiger partial charge in [-0.15, -0.1) is 0 Å². The summed E-state index contributed by atoms with van der Waals surface area (Å²) in [6.45, 7) is 2.87. The van der Waals surface area contributed by atoms with Crippen LogP contribution < -0.4 is 9.47 Å². The maximum atomic E-state index is 11.5. The first kappa shape index (κ1) is 21.5. The molecule has 1 aliphatic carbocycles. The van der Waals surface area contributed by atoms with Gasteiger partial charge in [-0.05, 0) is 72.6 Å². The number of hydrogen-bond acceptors (Lipinski definition) is 3. The van der Waals surface area contributed by atoms with E-state index in [0.29, 0.717) is 5.92 Å². The van der Waals surface area contributed by atoms with E-state index in [1.54, 1.807) is 14.2 Å². The number of nitrogens with zero attached hydrogens (tertiary/aromatic N) is 1. The lowest BCUT2D eigenvalue weighted by molar-refractivity contribution is 0.0815. The van der Waals surface area contributed by atoms with Crippen molar-refractivity contribution in [2.75, 3.05) is 14.2 Å². The molecule has 31 heavy (non-hydrogen) atoms. The molecule has 0 saturated carbocycles. The Balaban J connectivity index is 1.61. The minimum Gasteiger partial charge on any atom is -0.496 e. The Labute approximate surface area is 185 Å². The molecule has 4 rings (SSSR count). The molecule has 0 aliphatic heterocycles. The van der Waals surface area contributed by atoms with E-state index in [4.69, 9.17) is 9.47 Å². The second-order valence-corrected chi connectivity index (χ2v) is 8.62. The highest BCUT2D eigenvalue weighted by Gasteiger charge is 2.30. The van der Waals surface area contributed by atoms with E-state index < -0.39 is 6.10 Å². The van der Waals surface area contributed by atoms with E-state index in [2.05, 4.69) is 48.1 Å². The van der Waals surface area contributed by atoms with Crippen molar-refractivity contribution >= 4 is 0 Å². The van der Waals surface area contributed by atoms with Crippen LogP contribution in [-0.2, 0) is 25.8 Å². The summed E-state index contributed by atoms with van der Waals surface area (Å²) in [6, 6.07) is 16.8. The molecule has 0 spiro atoms. The molecule has 0 unspecified atom stereocenters. The van der Waals surface area contributed by atoms with Crippen LogP contribution >= 0.6 is 0 Å². The first-order chi connectivity index (χ1) is 15.1. The van der Waals surface area contributed by atoms with Crippen LogP contribution in [-0.4, -0.2) is 23.9 Å². The smallest absolute Gasteiger partial charge is 0.126 e. The number of aromatic nitrogens is 1. The molecule has 4 heteroatoms. The van der Waals surface area contributed by atoms with Crippen molar-refractivity contribution in [3.05, 3.63) is 83.2 Å². The summed E-state index contributed by atoms with van der Waals surface area (Å²) < 4.78 is 13.4. The SMILES string of the molecule is CCc1c(OC)cc([C@@H](O)[C@@H](CC2Cc3ccccc3C2)Cn2cccc2)cc1OC. The second-order valence-electron chi connectivity index (χ2n) is 8.62. The highest BCUT2D eigenvalue weighted by atomic mass is 16.5. The summed E-state index contributed by atoms with van der Waals surface area (Å²) in [5.41, 5.74) is 4.81. The number of aliphatic hydroxyl groups is 1. The summed E-state index contributed by atoms with van der Waals surface area (Å²) in [5, 5.41) is 11.5. The second kappa shape index (κ2) is 9.61. The number of aliphatic hydroxyl groups excluding tert-OH is 1. The Kier molecular flexibility index (Phi) is 6.67. The first-order valence-corrected chi connectivity index (χ1v) is 11.2. The van der Waals surface area contributed by atoms with Gasteiger partial charge in [-0.2, -0.15) is 0 Å². The standard InChI is InChI=1S/C27H33NO3/c1-4-24-25(30-2)16-22(17-26(24)31-3)27(29)23(18-28-11-7-8-12-28)15-19-13-20-9-5-6-10-21(20)14-19/h5-12,16-17,19,23,27,29H,4,13-15,18H2,1-3H3/t23-,27+/m0/s1. The number of ether oxygens (including phenoxy) is 2. The third-order valence-corrected chi connectivity index (χ3v) is 6.65. The van der Waals surface area contributed by atoms with Gasteiger partial charge in [-0.25, -0.2) is 0 Å². The molecular weight excluding hydrogens is 386 g/mol. The van der Waals surface area contributed by atoms with Crippen LogP contribution in [0.3, 0.4) is 0 Å². The predicted octanol–water partition coefficient (Wildman–Crippen LogP) is 5.22. The first-order valence-electron chi connectivity index (χ1n) is 11.2. The van der Waals surface area contributed by atoms with Gasteiger partial charge in [0.25, 0.3) is 0 Å². The average Bonchev–Trinajstić information content (AvgIpc) is 3.46. The molecule has 2 atom stereocenters. The molecular formula is C27H33NO3. The Bertz CT molecular complexity index is 945. The number of hydrogen-bond donors (Lipinski definition) is 1. The predicted molar refractivity (Wildman–Crippen MR) is 124 cm³/mol. The molecule has 0 saturated heterocycles. The van der Waals surface area contributed by atoms with Crippen molar-refractivity contribution in [1.82, 2.24) is 4.57 Å². The molecule has 0 fully saturated rings. The van der Waals surface area contributed by atoms with Gasteiger partial charge in [0, 0.05) is 30.4 Å². The number of rotatable bonds is 9. The van der Waals surface area contributed by atoms with Gasteiger partial charge in [-0.1, -0.05) is 31.2 Å². The Morgan fingerprint density at radius 1 is 0.968 bits per heavy atom. The highest BCUT2D eigenvalue weighted by Crippen LogP contribution is 2.39. The minimum atomic E-state index is -0.597. The maximum Gasteiger partial charge on any atom is 0.126 e. The van der Waals surface area contributed by atoms with Crippen molar-refractivity contribution in [2.45, 2.75) is 45.3 Å². The van der Waals surface area contributed by atoms with E-state index in [0.717, 1.165) is 54.9 Å². The molecule has 1 aromatic heterocycles. The third-order valence-electron chi connectivity index (χ3n) is 6.65. The van der Waals surface area contributed by atoms with Crippen LogP contribution in [0.4, 0.5) is 0 Å². The lowest BCUT2D eigenvalue weighted by atomic mass is 9.85. The molecule has 0 amide bonds. The molecule has 3 aromatic rings. The van der Waals surface area contributed by atoms with Crippen molar-refractivity contribution in [2.24, 2.45) is 11.8 Å². The molecule has 4 nitrogen and oxygen atoms in total. The van der Waals surface area contributed by atoms with Gasteiger partial charge < -0.3 is 19.1 Å². The van der Waals surface area contributed by atoms with E-state index in [1.807, 2.05) is 24.3 Å². The topological polar surface area (TPSA) is 43.6 Å². The summed E-state index contributed by atoms with van der Waals surface area (Å²) in [7, 11) is 3.36. The van der Waals surface area contributed by atoms with Gasteiger partial charge in [-0.3, -0.25) is 0 Å². The zero-order chi connectivity index (χ0) is 21.8. The van der Waals surface area contributed by atoms with E-state index >= 15 is 0 Å². The largest absolute Gasteiger partial charge is 0.496 e. The fourth-order valence-electron chi connectivity index (χ4n) is 5.11. The minimum absolute atomic E-state index is 0.0913. The summed E-state index contributed by atoms with van der Waals surface area (Å²) >= 11 is 0. The van der Waals surface area contributed by atoms with Crippen LogP contribution in [0, 0.1) is 11.8 Å². The van der Waals surface area contributed by atoms with Gasteiger partial charge in [0.05, 0.1) is 20.3 Å². The third kappa shape index (κ3) is 4.64. The Hall–Kier alpha value is -2.72. The normalized spacial score (nSPS) is 15.5. The highest BCUT2D eigenvalue weighted by molar-refractivity contribution is 5.49.